The Hall–Kier alpha value is -0.0400. The third-order valence-electron chi connectivity index (χ3n) is 0.312. The van der Waals surface area contributed by atoms with Crippen molar-refractivity contribution >= 4 is 0 Å². The first kappa shape index (κ1) is 0.860. The van der Waals surface area contributed by atoms with E-state index in [-0.39, 0.29) is 0 Å². The molecule has 0 bridgehead atoms. The fraction of sp³-hybridized carbons (Fsp3) is 1.00. The van der Waals surface area contributed by atoms with Crippen molar-refractivity contribution in [2.75, 3.05) is 0 Å². The van der Waals surface area contributed by atoms with Crippen LogP contribution in [0.15, 0.2) is 0 Å². The molecule has 0 aliphatic heterocycles. The number of hydrogen-bond donors (Lipinski definition) is 1. The summed E-state index contributed by atoms with van der Waals surface area (Å²) in [7, 11) is 0. The SMILES string of the molecule is [2H]C([2H])([2H])C([2H])(C)NC([2H])(C([2H])([2H])[2H])C([2H])([2H])[2H]. The lowest BCUT2D eigenvalue weighted by molar-refractivity contribution is 0.518. The Kier molecular flexibility index (Phi) is 0.372. The van der Waals surface area contributed by atoms with E-state index in [9.17, 15) is 0 Å². The van der Waals surface area contributed by atoms with E-state index < -0.39 is 32.6 Å². The Labute approximate surface area is 61.6 Å². The zero-order valence-corrected chi connectivity index (χ0v) is 4.00. The van der Waals surface area contributed by atoms with Gasteiger partial charge >= 0.3 is 0 Å². The summed E-state index contributed by atoms with van der Waals surface area (Å²) >= 11 is 0. The summed E-state index contributed by atoms with van der Waals surface area (Å²) in [4.78, 5) is 0. The van der Waals surface area contributed by atoms with Crippen LogP contribution < -0.4 is 5.32 Å². The first-order chi connectivity index (χ1) is 7.46. The molecule has 44 valence electrons. The van der Waals surface area contributed by atoms with Gasteiger partial charge in [0.1, 0.15) is 0 Å². The highest BCUT2D eigenvalue weighted by molar-refractivity contribution is 4.55. The zero-order valence-electron chi connectivity index (χ0n) is 15.0. The molecule has 0 aromatic rings. The molecule has 1 nitrogen and oxygen atoms in total. The minimum absolute atomic E-state index is 0.806. The molecule has 0 spiro atoms. The average Bonchev–Trinajstić information content (AvgIpc) is 1.95. The van der Waals surface area contributed by atoms with Crippen LogP contribution in [-0.4, -0.2) is 12.0 Å². The van der Waals surface area contributed by atoms with E-state index in [1.165, 1.54) is 0 Å². The molecule has 0 aliphatic carbocycles. The lowest BCUT2D eigenvalue weighted by Gasteiger charge is -2.10. The van der Waals surface area contributed by atoms with Gasteiger partial charge in [0.2, 0.25) is 0 Å². The zero-order chi connectivity index (χ0) is 15.2. The van der Waals surface area contributed by atoms with Crippen LogP contribution in [0.3, 0.4) is 0 Å². The molecule has 1 heteroatoms. The van der Waals surface area contributed by atoms with Crippen molar-refractivity contribution in [2.45, 2.75) is 39.5 Å². The van der Waals surface area contributed by atoms with E-state index in [0.29, 0.717) is 0 Å². The minimum Gasteiger partial charge on any atom is -0.312 e. The van der Waals surface area contributed by atoms with Crippen LogP contribution >= 0.6 is 0 Å². The third kappa shape index (κ3) is 5.96. The fourth-order valence-electron chi connectivity index (χ4n) is 0.188. The Morgan fingerprint density at radius 1 is 1.43 bits per heavy atom. The highest BCUT2D eigenvalue weighted by Gasteiger charge is 1.92. The molecule has 0 rings (SSSR count). The number of rotatable bonds is 2. The van der Waals surface area contributed by atoms with E-state index in [4.69, 9.17) is 15.1 Å². The summed E-state index contributed by atoms with van der Waals surface area (Å²) in [6.07, 6.45) is 0. The first-order valence-corrected chi connectivity index (χ1v) is 1.75. The second-order valence-corrected chi connectivity index (χ2v) is 1.12. The van der Waals surface area contributed by atoms with Crippen LogP contribution in [0.2, 0.25) is 0 Å². The van der Waals surface area contributed by atoms with Crippen LogP contribution in [0.4, 0.5) is 0 Å². The van der Waals surface area contributed by atoms with Crippen molar-refractivity contribution in [2.24, 2.45) is 0 Å². The lowest BCUT2D eigenvalue weighted by Crippen LogP contribution is -2.29. The third-order valence-corrected chi connectivity index (χ3v) is 0.312. The number of hydrogen-bond acceptors (Lipinski definition) is 1. The first-order valence-electron chi connectivity index (χ1n) is 7.25. The Morgan fingerprint density at radius 3 is 2.43 bits per heavy atom. The summed E-state index contributed by atoms with van der Waals surface area (Å²) in [5.74, 6) is 0. The lowest BCUT2D eigenvalue weighted by atomic mass is 10.3. The Morgan fingerprint density at radius 2 is 2.00 bits per heavy atom. The molecule has 0 aromatic heterocycles. The molecular weight excluding hydrogens is 86.1 g/mol. The standard InChI is InChI=1S/C6H15N/c1-5(2)7-6(3)4/h5-7H,1-4H3/i1D3,2D3,3D3,5D,6D. The van der Waals surface area contributed by atoms with Gasteiger partial charge in [0.05, 0.1) is 0 Å². The minimum atomic E-state index is -3.31. The topological polar surface area (TPSA) is 12.0 Å². The summed E-state index contributed by atoms with van der Waals surface area (Å²) in [6.45, 7) is -8.80. The maximum atomic E-state index is 7.55. The highest BCUT2D eigenvalue weighted by Crippen LogP contribution is 1.80. The van der Waals surface area contributed by atoms with Gasteiger partial charge < -0.3 is 5.32 Å². The van der Waals surface area contributed by atoms with Crippen LogP contribution in [0.25, 0.3) is 0 Å². The van der Waals surface area contributed by atoms with Gasteiger partial charge in [-0.1, -0.05) is 27.5 Å². The summed E-state index contributed by atoms with van der Waals surface area (Å²) in [5.41, 5.74) is 0. The molecule has 0 aliphatic rings. The molecule has 1 atom stereocenters. The van der Waals surface area contributed by atoms with Gasteiger partial charge in [-0.2, -0.15) is 0 Å². The van der Waals surface area contributed by atoms with Crippen LogP contribution in [0, 0.1) is 0 Å². The predicted molar refractivity (Wildman–Crippen MR) is 33.4 cm³/mol. The smallest absolute Gasteiger partial charge is 0.0459 e. The second kappa shape index (κ2) is 3.03. The maximum Gasteiger partial charge on any atom is 0.0459 e. The molecule has 0 saturated heterocycles. The van der Waals surface area contributed by atoms with Crippen molar-refractivity contribution < 1.29 is 15.1 Å². The molecule has 1 unspecified atom stereocenters. The molecule has 0 radical (unpaired) electrons. The van der Waals surface area contributed by atoms with Gasteiger partial charge in [0.25, 0.3) is 0 Å². The maximum absolute atomic E-state index is 7.55. The van der Waals surface area contributed by atoms with Crippen molar-refractivity contribution in [1.29, 1.82) is 0 Å². The van der Waals surface area contributed by atoms with Crippen molar-refractivity contribution in [1.82, 2.24) is 5.32 Å². The molecule has 0 saturated carbocycles. The second-order valence-electron chi connectivity index (χ2n) is 1.12. The molecule has 7 heavy (non-hydrogen) atoms. The summed E-state index contributed by atoms with van der Waals surface area (Å²) in [5, 5.41) is 1.64. The van der Waals surface area contributed by atoms with Gasteiger partial charge in [-0.05, 0) is 0 Å². The van der Waals surface area contributed by atoms with Crippen molar-refractivity contribution in [3.8, 4) is 0 Å². The van der Waals surface area contributed by atoms with Crippen molar-refractivity contribution in [3.63, 3.8) is 0 Å². The van der Waals surface area contributed by atoms with Crippen LogP contribution in [0.1, 0.15) is 42.6 Å². The van der Waals surface area contributed by atoms with Crippen molar-refractivity contribution in [3.05, 3.63) is 0 Å². The largest absolute Gasteiger partial charge is 0.312 e. The normalized spacial score (nSPS) is 49.6. The average molecular weight is 112 g/mol. The monoisotopic (exact) mass is 112 g/mol. The van der Waals surface area contributed by atoms with E-state index in [1.807, 2.05) is 0 Å². The molecule has 1 N–H and O–H groups in total. The molecule has 0 fully saturated rings. The molecule has 0 amide bonds. The van der Waals surface area contributed by atoms with E-state index in [0.717, 1.165) is 6.92 Å². The molecular formula is C6H15N. The predicted octanol–water partition coefficient (Wildman–Crippen LogP) is 1.39. The van der Waals surface area contributed by atoms with Crippen LogP contribution in [0.5, 0.6) is 0 Å². The van der Waals surface area contributed by atoms with Gasteiger partial charge in [-0.25, -0.2) is 0 Å². The van der Waals surface area contributed by atoms with Gasteiger partial charge in [-0.15, -0.1) is 0 Å². The van der Waals surface area contributed by atoms with E-state index >= 15 is 0 Å². The molecule has 0 aromatic carbocycles. The van der Waals surface area contributed by atoms with Gasteiger partial charge in [-0.3, -0.25) is 0 Å². The molecule has 0 heterocycles. The Bertz CT molecular complexity index is 280. The fourth-order valence-corrected chi connectivity index (χ4v) is 0.188. The van der Waals surface area contributed by atoms with Crippen LogP contribution in [-0.2, 0) is 0 Å². The van der Waals surface area contributed by atoms with E-state index in [1.54, 1.807) is 5.32 Å². The Balaban J connectivity index is 5.58. The summed E-state index contributed by atoms with van der Waals surface area (Å²) < 4.78 is 78.7. The highest BCUT2D eigenvalue weighted by atomic mass is 14.9. The van der Waals surface area contributed by atoms with Gasteiger partial charge in [0.15, 0.2) is 0 Å². The van der Waals surface area contributed by atoms with E-state index in [2.05, 4.69) is 0 Å². The van der Waals surface area contributed by atoms with Gasteiger partial charge in [0, 0.05) is 27.1 Å². The number of nitrogens with one attached hydrogen (secondary N) is 1. The summed E-state index contributed by atoms with van der Waals surface area (Å²) in [6, 6.07) is -5.80. The quantitative estimate of drug-likeness (QED) is 0.569.